The lowest BCUT2D eigenvalue weighted by atomic mass is 10.2. The molecule has 5 heteroatoms. The van der Waals surface area contributed by atoms with Gasteiger partial charge in [0.1, 0.15) is 30.3 Å². The van der Waals surface area contributed by atoms with Crippen molar-refractivity contribution in [3.63, 3.8) is 0 Å². The lowest BCUT2D eigenvalue weighted by Crippen LogP contribution is -1.96. The van der Waals surface area contributed by atoms with Gasteiger partial charge in [0.25, 0.3) is 0 Å². The van der Waals surface area contributed by atoms with Crippen LogP contribution in [0.5, 0.6) is 0 Å². The minimum absolute atomic E-state index is 0.215. The van der Waals surface area contributed by atoms with Gasteiger partial charge in [-0.15, -0.1) is 0 Å². The van der Waals surface area contributed by atoms with Gasteiger partial charge in [0, 0.05) is 5.56 Å². The smallest absolute Gasteiger partial charge is 0.148 e. The van der Waals surface area contributed by atoms with Gasteiger partial charge in [0.15, 0.2) is 0 Å². The molecule has 0 N–H and O–H groups in total. The highest BCUT2D eigenvalue weighted by molar-refractivity contribution is 5.78. The summed E-state index contributed by atoms with van der Waals surface area (Å²) in [5, 5.41) is 3.41. The van der Waals surface area contributed by atoms with Gasteiger partial charge in [-0.05, 0) is 24.3 Å². The highest BCUT2D eigenvalue weighted by Crippen LogP contribution is 2.13. The Morgan fingerprint density at radius 3 is 2.37 bits per heavy atom. The number of rotatable bonds is 4. The van der Waals surface area contributed by atoms with Gasteiger partial charge in [0.05, 0.1) is 5.56 Å². The molecule has 2 nitrogen and oxygen atoms in total. The van der Waals surface area contributed by atoms with Crippen LogP contribution >= 0.6 is 0 Å². The highest BCUT2D eigenvalue weighted by atomic mass is 19.1. The van der Waals surface area contributed by atoms with Crippen LogP contribution in [0.4, 0.5) is 13.2 Å². The average Bonchev–Trinajstić information content (AvgIpc) is 2.37. The van der Waals surface area contributed by atoms with Gasteiger partial charge in [-0.25, -0.2) is 13.2 Å². The molecule has 1 radical (unpaired) electrons. The van der Waals surface area contributed by atoms with E-state index in [0.29, 0.717) is 5.56 Å². The SMILES string of the molecule is Fc1cccc(/[C]=N\OCc2c(F)cccc2F)c1. The van der Waals surface area contributed by atoms with Crippen LogP contribution in [0, 0.1) is 17.5 Å². The molecule has 0 unspecified atom stereocenters. The largest absolute Gasteiger partial charge is 0.390 e. The van der Waals surface area contributed by atoms with Crippen molar-refractivity contribution >= 4 is 6.21 Å². The second kappa shape index (κ2) is 6.04. The molecule has 0 saturated carbocycles. The molecule has 0 aliphatic carbocycles. The maximum absolute atomic E-state index is 13.2. The van der Waals surface area contributed by atoms with Crippen molar-refractivity contribution in [3.8, 4) is 0 Å². The first kappa shape index (κ1) is 13.1. The topological polar surface area (TPSA) is 21.6 Å². The zero-order valence-corrected chi connectivity index (χ0v) is 9.74. The molecule has 0 atom stereocenters. The van der Waals surface area contributed by atoms with Crippen molar-refractivity contribution in [2.75, 3.05) is 0 Å². The summed E-state index contributed by atoms with van der Waals surface area (Å²) in [6, 6.07) is 9.06. The van der Waals surface area contributed by atoms with Crippen LogP contribution in [0.2, 0.25) is 0 Å². The first-order valence-electron chi connectivity index (χ1n) is 5.43. The monoisotopic (exact) mass is 264 g/mol. The van der Waals surface area contributed by atoms with Gasteiger partial charge in [-0.2, -0.15) is 0 Å². The van der Waals surface area contributed by atoms with Crippen LogP contribution in [0.15, 0.2) is 47.6 Å². The third-order valence-electron chi connectivity index (χ3n) is 2.33. The molecule has 0 aromatic heterocycles. The normalized spacial score (nSPS) is 10.9. The summed E-state index contributed by atoms with van der Waals surface area (Å²) in [5.41, 5.74) is 0.154. The fourth-order valence-corrected chi connectivity index (χ4v) is 1.41. The van der Waals surface area contributed by atoms with Crippen molar-refractivity contribution in [1.29, 1.82) is 0 Å². The van der Waals surface area contributed by atoms with E-state index in [4.69, 9.17) is 4.84 Å². The molecule has 2 rings (SSSR count). The fraction of sp³-hybridized carbons (Fsp3) is 0.0714. The van der Waals surface area contributed by atoms with Gasteiger partial charge in [-0.1, -0.05) is 23.4 Å². The zero-order chi connectivity index (χ0) is 13.7. The van der Waals surface area contributed by atoms with Crippen LogP contribution in [-0.4, -0.2) is 6.21 Å². The van der Waals surface area contributed by atoms with Gasteiger partial charge < -0.3 is 4.84 Å². The average molecular weight is 264 g/mol. The molecular weight excluding hydrogens is 255 g/mol. The Morgan fingerprint density at radius 1 is 1.00 bits per heavy atom. The van der Waals surface area contributed by atoms with E-state index in [9.17, 15) is 13.2 Å². The summed E-state index contributed by atoms with van der Waals surface area (Å²) >= 11 is 0. The number of halogens is 3. The van der Waals surface area contributed by atoms with Crippen LogP contribution in [-0.2, 0) is 11.4 Å². The highest BCUT2D eigenvalue weighted by Gasteiger charge is 2.08. The minimum Gasteiger partial charge on any atom is -0.390 e. The van der Waals surface area contributed by atoms with Gasteiger partial charge in [0.2, 0.25) is 0 Å². The molecule has 2 aromatic rings. The molecule has 0 aliphatic rings. The Morgan fingerprint density at radius 2 is 1.68 bits per heavy atom. The predicted octanol–water partition coefficient (Wildman–Crippen LogP) is 3.53. The second-order valence-corrected chi connectivity index (χ2v) is 3.69. The molecule has 0 saturated heterocycles. The molecular formula is C14H9F3NO. The Kier molecular flexibility index (Phi) is 4.18. The van der Waals surface area contributed by atoms with E-state index in [0.717, 1.165) is 12.1 Å². The summed E-state index contributed by atoms with van der Waals surface area (Å²) in [6.07, 6.45) is 2.41. The van der Waals surface area contributed by atoms with E-state index in [-0.39, 0.29) is 12.2 Å². The van der Waals surface area contributed by atoms with Crippen molar-refractivity contribution in [2.24, 2.45) is 5.16 Å². The second-order valence-electron chi connectivity index (χ2n) is 3.69. The van der Waals surface area contributed by atoms with Crippen molar-refractivity contribution in [3.05, 3.63) is 71.0 Å². The van der Waals surface area contributed by atoms with Crippen molar-refractivity contribution in [2.45, 2.75) is 6.61 Å². The van der Waals surface area contributed by atoms with Crippen LogP contribution in [0.1, 0.15) is 11.1 Å². The van der Waals surface area contributed by atoms with E-state index in [1.165, 1.54) is 24.3 Å². The van der Waals surface area contributed by atoms with E-state index < -0.39 is 17.5 Å². The molecule has 0 aliphatic heterocycles. The van der Waals surface area contributed by atoms with Crippen molar-refractivity contribution in [1.82, 2.24) is 0 Å². The minimum atomic E-state index is -0.707. The Labute approximate surface area is 108 Å². The standard InChI is InChI=1S/C14H9F3NO/c15-11-4-1-3-10(7-11)8-18-19-9-12-13(16)5-2-6-14(12)17/h1-7H,9H2. The maximum Gasteiger partial charge on any atom is 0.148 e. The molecule has 0 spiro atoms. The van der Waals surface area contributed by atoms with E-state index in [1.54, 1.807) is 6.07 Å². The molecule has 0 amide bonds. The molecule has 0 fully saturated rings. The third-order valence-corrected chi connectivity index (χ3v) is 2.33. The van der Waals surface area contributed by atoms with E-state index in [2.05, 4.69) is 11.4 Å². The fourth-order valence-electron chi connectivity index (χ4n) is 1.41. The van der Waals surface area contributed by atoms with Gasteiger partial charge >= 0.3 is 0 Å². The molecule has 2 aromatic carbocycles. The van der Waals surface area contributed by atoms with Gasteiger partial charge in [-0.3, -0.25) is 0 Å². The molecule has 97 valence electrons. The van der Waals surface area contributed by atoms with Crippen molar-refractivity contribution < 1.29 is 18.0 Å². The quantitative estimate of drug-likeness (QED) is 0.611. The molecule has 19 heavy (non-hydrogen) atoms. The summed E-state index contributed by atoms with van der Waals surface area (Å²) in [5.74, 6) is -1.85. The number of nitrogens with zero attached hydrogens (tertiary/aromatic N) is 1. The Balaban J connectivity index is 1.97. The first-order chi connectivity index (χ1) is 9.16. The van der Waals surface area contributed by atoms with Crippen LogP contribution < -0.4 is 0 Å². The summed E-state index contributed by atoms with van der Waals surface area (Å²) in [6.45, 7) is -0.360. The van der Waals surface area contributed by atoms with E-state index in [1.807, 2.05) is 0 Å². The number of benzene rings is 2. The third kappa shape index (κ3) is 3.58. The summed E-state index contributed by atoms with van der Waals surface area (Å²) in [4.78, 5) is 4.74. The lowest BCUT2D eigenvalue weighted by molar-refractivity contribution is 0.126. The zero-order valence-electron chi connectivity index (χ0n) is 9.74. The van der Waals surface area contributed by atoms with Crippen LogP contribution in [0.25, 0.3) is 0 Å². The summed E-state index contributed by atoms with van der Waals surface area (Å²) in [7, 11) is 0. The lowest BCUT2D eigenvalue weighted by Gasteiger charge is -2.02. The first-order valence-corrected chi connectivity index (χ1v) is 5.43. The number of hydrogen-bond donors (Lipinski definition) is 0. The Bertz CT molecular complexity index is 579. The Hall–Kier alpha value is -2.30. The summed E-state index contributed by atoms with van der Waals surface area (Å²) < 4.78 is 39.3. The molecule has 0 heterocycles. The number of hydrogen-bond acceptors (Lipinski definition) is 2. The molecule has 0 bridgehead atoms. The predicted molar refractivity (Wildman–Crippen MR) is 64.1 cm³/mol. The van der Waals surface area contributed by atoms with Crippen LogP contribution in [0.3, 0.4) is 0 Å². The van der Waals surface area contributed by atoms with E-state index >= 15 is 0 Å². The maximum atomic E-state index is 13.2.